The summed E-state index contributed by atoms with van der Waals surface area (Å²) in [7, 11) is 0. The summed E-state index contributed by atoms with van der Waals surface area (Å²) in [5.74, 6) is -3.01. The van der Waals surface area contributed by atoms with Crippen LogP contribution >= 0.6 is 0 Å². The predicted molar refractivity (Wildman–Crippen MR) is 180 cm³/mol. The Bertz CT molecular complexity index is 1940. The van der Waals surface area contributed by atoms with Crippen LogP contribution in [0.5, 0.6) is 0 Å². The lowest BCUT2D eigenvalue weighted by Crippen LogP contribution is -2.57. The van der Waals surface area contributed by atoms with E-state index >= 15 is 0 Å². The number of hydrogen-bond acceptors (Lipinski definition) is 8. The third-order valence-electron chi connectivity index (χ3n) is 8.97. The van der Waals surface area contributed by atoms with Crippen LogP contribution in [0.15, 0.2) is 84.0 Å². The summed E-state index contributed by atoms with van der Waals surface area (Å²) in [6.45, 7) is -1.24. The average molecular weight is 683 g/mol. The first-order valence-electron chi connectivity index (χ1n) is 16.4. The van der Waals surface area contributed by atoms with Gasteiger partial charge in [-0.05, 0) is 23.3 Å². The van der Waals surface area contributed by atoms with E-state index in [4.69, 9.17) is 0 Å². The molecule has 2 saturated heterocycles. The lowest BCUT2D eigenvalue weighted by molar-refractivity contribution is -0.142. The number of carbonyl (C=O) groups is 5. The molecule has 260 valence electrons. The highest BCUT2D eigenvalue weighted by molar-refractivity contribution is 5.96. The molecule has 2 fully saturated rings. The quantitative estimate of drug-likeness (QED) is 0.172. The summed E-state index contributed by atoms with van der Waals surface area (Å²) in [6, 6.07) is 14.7. The fourth-order valence-corrected chi connectivity index (χ4v) is 6.45. The molecule has 15 heteroatoms. The van der Waals surface area contributed by atoms with Crippen LogP contribution in [0.3, 0.4) is 0 Å². The Hall–Kier alpha value is -5.83. The number of fused-ring (bicyclic) bond motifs is 2. The molecular formula is C35H38N8O7. The third-order valence-corrected chi connectivity index (χ3v) is 8.97. The molecule has 2 aromatic carbocycles. The van der Waals surface area contributed by atoms with E-state index in [1.54, 1.807) is 6.20 Å². The molecule has 4 atom stereocenters. The molecule has 2 aliphatic heterocycles. The fourth-order valence-electron chi connectivity index (χ4n) is 6.45. The van der Waals surface area contributed by atoms with Crippen LogP contribution in [-0.2, 0) is 43.4 Å². The third kappa shape index (κ3) is 7.89. The maximum absolute atomic E-state index is 14.3. The van der Waals surface area contributed by atoms with Crippen molar-refractivity contribution in [2.45, 2.75) is 50.0 Å². The van der Waals surface area contributed by atoms with Gasteiger partial charge in [0, 0.05) is 68.4 Å². The first kappa shape index (κ1) is 34.0. The number of aliphatic hydroxyl groups excluding tert-OH is 1. The highest BCUT2D eigenvalue weighted by Gasteiger charge is 2.43. The minimum Gasteiger partial charge on any atom is -0.391 e. The first-order valence-corrected chi connectivity index (χ1v) is 16.4. The van der Waals surface area contributed by atoms with Gasteiger partial charge in [-0.15, -0.1) is 0 Å². The lowest BCUT2D eigenvalue weighted by atomic mass is 10.0. The molecule has 0 unspecified atom stereocenters. The van der Waals surface area contributed by atoms with Crippen LogP contribution in [0, 0.1) is 0 Å². The second kappa shape index (κ2) is 15.2. The number of para-hydroxylation sites is 1. The molecule has 2 aromatic heterocycles. The summed E-state index contributed by atoms with van der Waals surface area (Å²) < 4.78 is 1.10. The van der Waals surface area contributed by atoms with Crippen molar-refractivity contribution >= 4 is 40.4 Å². The van der Waals surface area contributed by atoms with E-state index in [1.165, 1.54) is 28.3 Å². The number of carbonyl (C=O) groups excluding carboxylic acids is 5. The van der Waals surface area contributed by atoms with Crippen molar-refractivity contribution in [2.75, 3.05) is 26.2 Å². The zero-order valence-corrected chi connectivity index (χ0v) is 27.2. The molecule has 5 N–H and O–H groups in total. The van der Waals surface area contributed by atoms with Gasteiger partial charge < -0.3 is 35.8 Å². The SMILES string of the molecule is O=C1CN(C(=O)Cn2cccnc2=O)CCNC(=O)[C@H](Cc2ccccc2)NC(=O)[C@@H]2C[C@@H](O)CN2C(=O)[C@@H](Cc2c[nH]c3ccccc23)N1. The Kier molecular flexibility index (Phi) is 10.3. The van der Waals surface area contributed by atoms with Crippen molar-refractivity contribution in [1.29, 1.82) is 0 Å². The van der Waals surface area contributed by atoms with Crippen molar-refractivity contribution in [1.82, 2.24) is 40.3 Å². The highest BCUT2D eigenvalue weighted by atomic mass is 16.3. The number of amides is 5. The van der Waals surface area contributed by atoms with E-state index in [-0.39, 0.29) is 38.9 Å². The zero-order valence-electron chi connectivity index (χ0n) is 27.2. The van der Waals surface area contributed by atoms with Crippen LogP contribution in [0.4, 0.5) is 0 Å². The molecule has 0 spiro atoms. The predicted octanol–water partition coefficient (Wildman–Crippen LogP) is -0.900. The summed E-state index contributed by atoms with van der Waals surface area (Å²) in [4.78, 5) is 90.3. The van der Waals surface area contributed by atoms with Gasteiger partial charge in [-0.1, -0.05) is 48.5 Å². The number of benzene rings is 2. The summed E-state index contributed by atoms with van der Waals surface area (Å²) >= 11 is 0. The molecule has 4 aromatic rings. The summed E-state index contributed by atoms with van der Waals surface area (Å²) in [5, 5.41) is 19.8. The molecular weight excluding hydrogens is 644 g/mol. The molecule has 6 rings (SSSR count). The van der Waals surface area contributed by atoms with E-state index in [0.29, 0.717) is 0 Å². The molecule has 0 radical (unpaired) electrons. The van der Waals surface area contributed by atoms with Crippen LogP contribution in [0.2, 0.25) is 0 Å². The Morgan fingerprint density at radius 2 is 1.68 bits per heavy atom. The largest absolute Gasteiger partial charge is 0.391 e. The minimum absolute atomic E-state index is 0.0468. The highest BCUT2D eigenvalue weighted by Crippen LogP contribution is 2.23. The number of hydrogen-bond donors (Lipinski definition) is 5. The second-order valence-electron chi connectivity index (χ2n) is 12.5. The second-order valence-corrected chi connectivity index (χ2v) is 12.5. The van der Waals surface area contributed by atoms with Crippen molar-refractivity contribution in [3.63, 3.8) is 0 Å². The standard InChI is InChI=1S/C35H38N8O7/c44-24-17-29-33(48)40-27(15-22-7-2-1-3-8-22)32(47)36-12-14-41(31(46)21-42-13-6-11-37-35(42)50)20-30(45)39-28(34(49)43(29)19-24)16-23-18-38-26-10-5-4-9-25(23)26/h1-11,13,18,24,27-29,38,44H,12,14-17,19-21H2,(H,36,47)(H,39,45)(H,40,48)/t24-,27+,28-,29+/m1/s1. The van der Waals surface area contributed by atoms with Crippen molar-refractivity contribution in [2.24, 2.45) is 0 Å². The maximum Gasteiger partial charge on any atom is 0.347 e. The van der Waals surface area contributed by atoms with E-state index < -0.39 is 72.5 Å². The Morgan fingerprint density at radius 1 is 0.900 bits per heavy atom. The molecule has 5 amide bonds. The van der Waals surface area contributed by atoms with E-state index in [9.17, 15) is 33.9 Å². The topological polar surface area (TPSA) is 199 Å². The lowest BCUT2D eigenvalue weighted by Gasteiger charge is -2.30. The maximum atomic E-state index is 14.3. The van der Waals surface area contributed by atoms with Gasteiger partial charge in [-0.2, -0.15) is 0 Å². The van der Waals surface area contributed by atoms with Crippen molar-refractivity contribution in [3.05, 3.63) is 101 Å². The minimum atomic E-state index is -1.18. The molecule has 0 saturated carbocycles. The fraction of sp³-hybridized carbons (Fsp3) is 0.343. The van der Waals surface area contributed by atoms with Crippen LogP contribution in [0.25, 0.3) is 10.9 Å². The molecule has 15 nitrogen and oxygen atoms in total. The molecule has 4 heterocycles. The van der Waals surface area contributed by atoms with Gasteiger partial charge in [0.1, 0.15) is 24.7 Å². The molecule has 0 bridgehead atoms. The number of aromatic nitrogens is 3. The van der Waals surface area contributed by atoms with Crippen molar-refractivity contribution < 1.29 is 29.1 Å². The summed E-state index contributed by atoms with van der Waals surface area (Å²) in [5.41, 5.74) is 1.69. The Balaban J connectivity index is 1.33. The number of aromatic amines is 1. The van der Waals surface area contributed by atoms with E-state index in [2.05, 4.69) is 25.9 Å². The van der Waals surface area contributed by atoms with Gasteiger partial charge in [0.25, 0.3) is 0 Å². The van der Waals surface area contributed by atoms with Crippen LogP contribution in [-0.4, -0.2) is 109 Å². The van der Waals surface area contributed by atoms with Gasteiger partial charge >= 0.3 is 5.69 Å². The van der Waals surface area contributed by atoms with Gasteiger partial charge in [0.2, 0.25) is 29.5 Å². The number of H-pyrrole nitrogens is 1. The normalized spacial score (nSPS) is 22.3. The Labute approximate surface area is 286 Å². The summed E-state index contributed by atoms with van der Waals surface area (Å²) in [6.07, 6.45) is 3.56. The molecule has 0 aliphatic carbocycles. The molecule has 50 heavy (non-hydrogen) atoms. The average Bonchev–Trinajstić information content (AvgIpc) is 3.71. The van der Waals surface area contributed by atoms with Gasteiger partial charge in [-0.3, -0.25) is 28.5 Å². The zero-order chi connectivity index (χ0) is 35.2. The number of nitrogens with zero attached hydrogens (tertiary/aromatic N) is 4. The smallest absolute Gasteiger partial charge is 0.347 e. The number of nitrogens with one attached hydrogen (secondary N) is 4. The van der Waals surface area contributed by atoms with Crippen molar-refractivity contribution in [3.8, 4) is 0 Å². The van der Waals surface area contributed by atoms with Crippen LogP contribution < -0.4 is 21.6 Å². The monoisotopic (exact) mass is 682 g/mol. The van der Waals surface area contributed by atoms with E-state index in [1.807, 2.05) is 54.6 Å². The van der Waals surface area contributed by atoms with Gasteiger partial charge in [-0.25, -0.2) is 9.78 Å². The van der Waals surface area contributed by atoms with Gasteiger partial charge in [0.15, 0.2) is 0 Å². The van der Waals surface area contributed by atoms with Gasteiger partial charge in [0.05, 0.1) is 12.6 Å². The number of aliphatic hydroxyl groups is 1. The number of rotatable bonds is 6. The molecule has 2 aliphatic rings. The Morgan fingerprint density at radius 3 is 2.48 bits per heavy atom. The first-order chi connectivity index (χ1) is 24.2. The van der Waals surface area contributed by atoms with E-state index in [0.717, 1.165) is 26.6 Å². The van der Waals surface area contributed by atoms with Crippen LogP contribution in [0.1, 0.15) is 17.5 Å².